The summed E-state index contributed by atoms with van der Waals surface area (Å²) in [6, 6.07) is 6.20. The van der Waals surface area contributed by atoms with Crippen molar-refractivity contribution in [1.29, 1.82) is 0 Å². The van der Waals surface area contributed by atoms with Crippen molar-refractivity contribution in [2.75, 3.05) is 23.8 Å². The Kier molecular flexibility index (Phi) is 4.43. The summed E-state index contributed by atoms with van der Waals surface area (Å²) in [5.74, 6) is -0.00500. The van der Waals surface area contributed by atoms with Crippen LogP contribution in [0.3, 0.4) is 0 Å². The van der Waals surface area contributed by atoms with Gasteiger partial charge in [-0.25, -0.2) is 0 Å². The minimum Gasteiger partial charge on any atom is -0.398 e. The molecule has 2 rings (SSSR count). The second kappa shape index (κ2) is 6.06. The van der Waals surface area contributed by atoms with E-state index in [0.29, 0.717) is 17.3 Å². The number of nitrogen functional groups attached to an aromatic ring is 1. The molecule has 0 spiro atoms. The second-order valence-corrected chi connectivity index (χ2v) is 5.18. The Labute approximate surface area is 114 Å². The molecule has 0 atom stereocenters. The van der Waals surface area contributed by atoms with Crippen LogP contribution in [0.2, 0.25) is 0 Å². The minimum atomic E-state index is -0.00500. The summed E-state index contributed by atoms with van der Waals surface area (Å²) in [6.45, 7) is 2.56. The molecule has 1 aromatic carbocycles. The Morgan fingerprint density at radius 1 is 1.47 bits per heavy atom. The molecule has 0 radical (unpaired) electrons. The first-order chi connectivity index (χ1) is 9.13. The van der Waals surface area contributed by atoms with Crippen LogP contribution in [0.1, 0.15) is 43.0 Å². The lowest BCUT2D eigenvalue weighted by atomic mass is 9.90. The van der Waals surface area contributed by atoms with Gasteiger partial charge in [0.1, 0.15) is 0 Å². The third kappa shape index (κ3) is 3.07. The molecule has 0 aromatic heterocycles. The van der Waals surface area contributed by atoms with E-state index in [-0.39, 0.29) is 12.4 Å². The van der Waals surface area contributed by atoms with Crippen LogP contribution in [0, 0.1) is 0 Å². The second-order valence-electron chi connectivity index (χ2n) is 5.18. The van der Waals surface area contributed by atoms with Crippen molar-refractivity contribution in [1.82, 2.24) is 0 Å². The number of anilines is 2. The van der Waals surface area contributed by atoms with E-state index < -0.39 is 0 Å². The van der Waals surface area contributed by atoms with Crippen LogP contribution < -0.4 is 10.6 Å². The van der Waals surface area contributed by atoms with Crippen LogP contribution in [0.15, 0.2) is 18.2 Å². The third-order valence-corrected chi connectivity index (χ3v) is 3.82. The SMILES string of the molecule is CC(=O)c1ccc(N(CCCO)C2CCC2)cc1N. The Morgan fingerprint density at radius 2 is 2.21 bits per heavy atom. The highest BCUT2D eigenvalue weighted by molar-refractivity contribution is 5.99. The number of rotatable bonds is 6. The molecule has 19 heavy (non-hydrogen) atoms. The summed E-state index contributed by atoms with van der Waals surface area (Å²) in [4.78, 5) is 13.7. The fraction of sp³-hybridized carbons (Fsp3) is 0.533. The fourth-order valence-electron chi connectivity index (χ4n) is 2.51. The highest BCUT2D eigenvalue weighted by Gasteiger charge is 2.25. The zero-order valence-corrected chi connectivity index (χ0v) is 11.4. The number of hydrogen-bond donors (Lipinski definition) is 2. The number of nitrogens with two attached hydrogens (primary N) is 1. The monoisotopic (exact) mass is 262 g/mol. The summed E-state index contributed by atoms with van der Waals surface area (Å²) >= 11 is 0. The van der Waals surface area contributed by atoms with Gasteiger partial charge >= 0.3 is 0 Å². The maximum Gasteiger partial charge on any atom is 0.161 e. The molecule has 1 aliphatic rings. The first-order valence-corrected chi connectivity index (χ1v) is 6.91. The number of aliphatic hydroxyl groups excluding tert-OH is 1. The van der Waals surface area contributed by atoms with Gasteiger partial charge in [0.15, 0.2) is 5.78 Å². The van der Waals surface area contributed by atoms with E-state index in [9.17, 15) is 4.79 Å². The summed E-state index contributed by atoms with van der Waals surface area (Å²) < 4.78 is 0. The molecule has 1 aliphatic carbocycles. The van der Waals surface area contributed by atoms with E-state index in [4.69, 9.17) is 10.8 Å². The predicted molar refractivity (Wildman–Crippen MR) is 77.5 cm³/mol. The van der Waals surface area contributed by atoms with Gasteiger partial charge in [0, 0.05) is 36.1 Å². The lowest BCUT2D eigenvalue weighted by Crippen LogP contribution is -2.41. The quantitative estimate of drug-likeness (QED) is 0.609. The molecule has 1 fully saturated rings. The molecule has 0 heterocycles. The normalized spacial score (nSPS) is 15.1. The molecule has 0 amide bonds. The first kappa shape index (κ1) is 13.9. The van der Waals surface area contributed by atoms with Gasteiger partial charge < -0.3 is 15.7 Å². The maximum absolute atomic E-state index is 11.4. The Bertz CT molecular complexity index is 455. The number of Topliss-reactive ketones (excluding diaryl/α,β-unsaturated/α-hetero) is 1. The van der Waals surface area contributed by atoms with Crippen LogP contribution in [-0.4, -0.2) is 30.1 Å². The van der Waals surface area contributed by atoms with E-state index in [1.807, 2.05) is 12.1 Å². The van der Waals surface area contributed by atoms with Crippen LogP contribution in [0.25, 0.3) is 0 Å². The average Bonchev–Trinajstić information content (AvgIpc) is 2.31. The zero-order valence-electron chi connectivity index (χ0n) is 11.4. The van der Waals surface area contributed by atoms with Crippen molar-refractivity contribution in [3.8, 4) is 0 Å². The topological polar surface area (TPSA) is 66.6 Å². The number of carbonyl (C=O) groups is 1. The smallest absolute Gasteiger partial charge is 0.161 e. The summed E-state index contributed by atoms with van der Waals surface area (Å²) in [5.41, 5.74) is 8.13. The Balaban J connectivity index is 2.20. The molecular formula is C15H22N2O2. The van der Waals surface area contributed by atoms with Crippen LogP contribution in [0.5, 0.6) is 0 Å². The highest BCUT2D eigenvalue weighted by atomic mass is 16.3. The van der Waals surface area contributed by atoms with Crippen LogP contribution in [-0.2, 0) is 0 Å². The van der Waals surface area contributed by atoms with Crippen molar-refractivity contribution in [2.24, 2.45) is 0 Å². The maximum atomic E-state index is 11.4. The number of ketones is 1. The van der Waals surface area contributed by atoms with Crippen molar-refractivity contribution >= 4 is 17.2 Å². The third-order valence-electron chi connectivity index (χ3n) is 3.82. The summed E-state index contributed by atoms with van der Waals surface area (Å²) in [6.07, 6.45) is 4.41. The van der Waals surface area contributed by atoms with E-state index in [2.05, 4.69) is 4.90 Å². The minimum absolute atomic E-state index is 0.00500. The van der Waals surface area contributed by atoms with Gasteiger partial charge in [-0.05, 0) is 50.8 Å². The van der Waals surface area contributed by atoms with E-state index in [1.54, 1.807) is 6.07 Å². The number of carbonyl (C=O) groups excluding carboxylic acids is 1. The van der Waals surface area contributed by atoms with Gasteiger partial charge in [-0.3, -0.25) is 4.79 Å². The number of nitrogens with zero attached hydrogens (tertiary/aromatic N) is 1. The van der Waals surface area contributed by atoms with Crippen molar-refractivity contribution in [3.63, 3.8) is 0 Å². The largest absolute Gasteiger partial charge is 0.398 e. The van der Waals surface area contributed by atoms with Crippen LogP contribution >= 0.6 is 0 Å². The summed E-state index contributed by atoms with van der Waals surface area (Å²) in [7, 11) is 0. The van der Waals surface area contributed by atoms with Gasteiger partial charge in [0.25, 0.3) is 0 Å². The molecule has 4 nitrogen and oxygen atoms in total. The molecule has 0 unspecified atom stereocenters. The van der Waals surface area contributed by atoms with Crippen molar-refractivity contribution < 1.29 is 9.90 Å². The average molecular weight is 262 g/mol. The molecule has 0 saturated heterocycles. The summed E-state index contributed by atoms with van der Waals surface area (Å²) in [5, 5.41) is 9.01. The molecule has 3 N–H and O–H groups in total. The number of aliphatic hydroxyl groups is 1. The molecule has 4 heteroatoms. The molecule has 0 bridgehead atoms. The van der Waals surface area contributed by atoms with Crippen molar-refractivity contribution in [3.05, 3.63) is 23.8 Å². The first-order valence-electron chi connectivity index (χ1n) is 6.91. The molecule has 1 saturated carbocycles. The zero-order chi connectivity index (χ0) is 13.8. The van der Waals surface area contributed by atoms with E-state index in [0.717, 1.165) is 18.7 Å². The Morgan fingerprint density at radius 3 is 2.68 bits per heavy atom. The number of hydrogen-bond acceptors (Lipinski definition) is 4. The van der Waals surface area contributed by atoms with Gasteiger partial charge in [-0.15, -0.1) is 0 Å². The lowest BCUT2D eigenvalue weighted by Gasteiger charge is -2.39. The lowest BCUT2D eigenvalue weighted by molar-refractivity contribution is 0.101. The van der Waals surface area contributed by atoms with Crippen molar-refractivity contribution in [2.45, 2.75) is 38.6 Å². The van der Waals surface area contributed by atoms with E-state index >= 15 is 0 Å². The molecular weight excluding hydrogens is 240 g/mol. The van der Waals surface area contributed by atoms with Gasteiger partial charge in [0.2, 0.25) is 0 Å². The predicted octanol–water partition coefficient (Wildman–Crippen LogP) is 2.21. The number of benzene rings is 1. The standard InChI is InChI=1S/C15H22N2O2/c1-11(19)14-7-6-13(10-15(14)16)17(8-3-9-18)12-4-2-5-12/h6-7,10,12,18H,2-5,8-9,16H2,1H3. The van der Waals surface area contributed by atoms with Gasteiger partial charge in [-0.1, -0.05) is 0 Å². The van der Waals surface area contributed by atoms with Crippen LogP contribution in [0.4, 0.5) is 11.4 Å². The molecule has 0 aliphatic heterocycles. The van der Waals surface area contributed by atoms with Gasteiger partial charge in [-0.2, -0.15) is 0 Å². The van der Waals surface area contributed by atoms with Gasteiger partial charge in [0.05, 0.1) is 0 Å². The fourth-order valence-corrected chi connectivity index (χ4v) is 2.51. The molecule has 104 valence electrons. The molecule has 1 aromatic rings. The van der Waals surface area contributed by atoms with E-state index in [1.165, 1.54) is 26.2 Å². The highest BCUT2D eigenvalue weighted by Crippen LogP contribution is 2.31. The Hall–Kier alpha value is -1.55.